The quantitative estimate of drug-likeness (QED) is 0.717. The Morgan fingerprint density at radius 1 is 1.03 bits per heavy atom. The van der Waals surface area contributed by atoms with Gasteiger partial charge >= 0.3 is 0 Å². The van der Waals surface area contributed by atoms with E-state index in [4.69, 9.17) is 4.74 Å². The van der Waals surface area contributed by atoms with Crippen LogP contribution in [-0.2, 0) is 9.59 Å². The van der Waals surface area contributed by atoms with E-state index in [1.54, 1.807) is 24.3 Å². The van der Waals surface area contributed by atoms with Crippen LogP contribution in [0.25, 0.3) is 0 Å². The number of anilines is 1. The van der Waals surface area contributed by atoms with E-state index < -0.39 is 6.04 Å². The van der Waals surface area contributed by atoms with E-state index in [1.807, 2.05) is 47.5 Å². The van der Waals surface area contributed by atoms with Crippen LogP contribution in [0.4, 0.5) is 5.69 Å². The highest BCUT2D eigenvalue weighted by atomic mass is 16.5. The maximum atomic E-state index is 12.9. The summed E-state index contributed by atoms with van der Waals surface area (Å²) in [5.41, 5.74) is 1.28. The highest BCUT2D eigenvalue weighted by Gasteiger charge is 2.43. The number of hydrogen-bond acceptors (Lipinski definition) is 4. The number of nitrogens with zero attached hydrogens (tertiary/aromatic N) is 2. The minimum atomic E-state index is -0.402. The standard InChI is InChI=1S/C24H27N3O4/c1-2-31-20-10-8-19(9-11-20)27-22(28)16-21(24(27)30)25-18-12-14-26(15-13-18)23(29)17-6-4-3-5-7-17/h3-11,18,21,25H,2,12-16H2,1H3/p+1/t21-/m1/s1. The van der Waals surface area contributed by atoms with Crippen LogP contribution in [0.1, 0.15) is 36.5 Å². The highest BCUT2D eigenvalue weighted by Crippen LogP contribution is 2.24. The van der Waals surface area contributed by atoms with Gasteiger partial charge in [-0.3, -0.25) is 14.4 Å². The van der Waals surface area contributed by atoms with Crippen LogP contribution in [-0.4, -0.2) is 54.4 Å². The van der Waals surface area contributed by atoms with Gasteiger partial charge in [0.15, 0.2) is 6.04 Å². The predicted octanol–water partition coefficient (Wildman–Crippen LogP) is 1.59. The Morgan fingerprint density at radius 2 is 1.71 bits per heavy atom. The molecule has 7 nitrogen and oxygen atoms in total. The van der Waals surface area contributed by atoms with Crippen molar-refractivity contribution in [2.45, 2.75) is 38.3 Å². The number of benzene rings is 2. The summed E-state index contributed by atoms with van der Waals surface area (Å²) in [6, 6.07) is 16.2. The molecule has 2 aliphatic rings. The molecule has 2 fully saturated rings. The van der Waals surface area contributed by atoms with Gasteiger partial charge in [-0.05, 0) is 43.3 Å². The number of carbonyl (C=O) groups is 3. The highest BCUT2D eigenvalue weighted by molar-refractivity contribution is 6.21. The molecule has 0 aromatic heterocycles. The third-order valence-electron chi connectivity index (χ3n) is 5.94. The minimum absolute atomic E-state index is 0.0489. The molecule has 31 heavy (non-hydrogen) atoms. The van der Waals surface area contributed by atoms with Crippen LogP contribution < -0.4 is 15.0 Å². The molecule has 7 heteroatoms. The second kappa shape index (κ2) is 9.31. The van der Waals surface area contributed by atoms with Gasteiger partial charge in [-0.1, -0.05) is 18.2 Å². The van der Waals surface area contributed by atoms with Crippen molar-refractivity contribution in [2.24, 2.45) is 0 Å². The van der Waals surface area contributed by atoms with E-state index in [0.29, 0.717) is 36.7 Å². The van der Waals surface area contributed by atoms with Gasteiger partial charge in [-0.15, -0.1) is 0 Å². The zero-order valence-corrected chi connectivity index (χ0v) is 17.7. The molecule has 2 aromatic rings. The third-order valence-corrected chi connectivity index (χ3v) is 5.94. The van der Waals surface area contributed by atoms with Crippen molar-refractivity contribution in [3.05, 3.63) is 60.2 Å². The molecule has 0 aliphatic carbocycles. The number of rotatable bonds is 6. The zero-order chi connectivity index (χ0) is 21.8. The van der Waals surface area contributed by atoms with Crippen LogP contribution in [0, 0.1) is 0 Å². The summed E-state index contributed by atoms with van der Waals surface area (Å²) >= 11 is 0. The van der Waals surface area contributed by atoms with Gasteiger partial charge < -0.3 is 15.0 Å². The molecule has 0 unspecified atom stereocenters. The molecule has 0 bridgehead atoms. The first-order chi connectivity index (χ1) is 15.1. The van der Waals surface area contributed by atoms with Crippen LogP contribution in [0.3, 0.4) is 0 Å². The fraction of sp³-hybridized carbons (Fsp3) is 0.375. The Kier molecular flexibility index (Phi) is 6.32. The van der Waals surface area contributed by atoms with E-state index >= 15 is 0 Å². The summed E-state index contributed by atoms with van der Waals surface area (Å²) in [6.45, 7) is 3.79. The predicted molar refractivity (Wildman–Crippen MR) is 116 cm³/mol. The monoisotopic (exact) mass is 422 g/mol. The van der Waals surface area contributed by atoms with Gasteiger partial charge in [-0.25, -0.2) is 4.90 Å². The normalized spacial score (nSPS) is 19.7. The second-order valence-electron chi connectivity index (χ2n) is 7.99. The minimum Gasteiger partial charge on any atom is -0.494 e. The van der Waals surface area contributed by atoms with Crippen LogP contribution in [0.5, 0.6) is 5.75 Å². The molecule has 2 aromatic carbocycles. The zero-order valence-electron chi connectivity index (χ0n) is 17.7. The van der Waals surface area contributed by atoms with Crippen molar-refractivity contribution < 1.29 is 24.4 Å². The number of likely N-dealkylation sites (tertiary alicyclic amines) is 1. The number of ether oxygens (including phenoxy) is 1. The topological polar surface area (TPSA) is 83.5 Å². The number of amides is 3. The van der Waals surface area contributed by atoms with Gasteiger partial charge in [0.25, 0.3) is 11.8 Å². The Labute approximate surface area is 182 Å². The van der Waals surface area contributed by atoms with Gasteiger partial charge in [0.2, 0.25) is 5.91 Å². The van der Waals surface area contributed by atoms with Crippen molar-refractivity contribution in [3.8, 4) is 5.75 Å². The summed E-state index contributed by atoms with van der Waals surface area (Å²) in [6.07, 6.45) is 1.81. The molecule has 2 saturated heterocycles. The molecule has 4 rings (SSSR count). The number of hydrogen-bond donors (Lipinski definition) is 1. The first-order valence-electron chi connectivity index (χ1n) is 10.9. The first-order valence-corrected chi connectivity index (χ1v) is 10.9. The molecule has 1 atom stereocenters. The lowest BCUT2D eigenvalue weighted by molar-refractivity contribution is -0.709. The van der Waals surface area contributed by atoms with E-state index in [0.717, 1.165) is 12.8 Å². The SMILES string of the molecule is CCOc1ccc(N2C(=O)C[C@@H]([NH2+]C3CCN(C(=O)c4ccccc4)CC3)C2=O)cc1. The van der Waals surface area contributed by atoms with Crippen molar-refractivity contribution in [2.75, 3.05) is 24.6 Å². The molecule has 3 amide bonds. The van der Waals surface area contributed by atoms with Crippen LogP contribution in [0.2, 0.25) is 0 Å². The molecular weight excluding hydrogens is 394 g/mol. The van der Waals surface area contributed by atoms with Gasteiger partial charge in [0.1, 0.15) is 5.75 Å². The fourth-order valence-corrected chi connectivity index (χ4v) is 4.32. The third kappa shape index (κ3) is 4.61. The number of piperidine rings is 1. The Hall–Kier alpha value is -3.19. The maximum Gasteiger partial charge on any atom is 0.292 e. The Morgan fingerprint density at radius 3 is 2.35 bits per heavy atom. The number of carbonyl (C=O) groups excluding carboxylic acids is 3. The lowest BCUT2D eigenvalue weighted by atomic mass is 10.0. The van der Waals surface area contributed by atoms with Crippen LogP contribution in [0.15, 0.2) is 54.6 Å². The molecule has 2 heterocycles. The molecule has 0 radical (unpaired) electrons. The summed E-state index contributed by atoms with van der Waals surface area (Å²) in [4.78, 5) is 41.2. The van der Waals surface area contributed by atoms with E-state index in [9.17, 15) is 14.4 Å². The number of nitrogens with two attached hydrogens (primary N) is 1. The lowest BCUT2D eigenvalue weighted by Gasteiger charge is -2.31. The lowest BCUT2D eigenvalue weighted by Crippen LogP contribution is -2.97. The van der Waals surface area contributed by atoms with E-state index in [1.165, 1.54) is 4.90 Å². The average Bonchev–Trinajstić information content (AvgIpc) is 3.08. The van der Waals surface area contributed by atoms with Crippen molar-refractivity contribution in [1.29, 1.82) is 0 Å². The number of imide groups is 1. The maximum absolute atomic E-state index is 12.9. The van der Waals surface area contributed by atoms with Gasteiger partial charge in [0.05, 0.1) is 24.8 Å². The molecule has 2 aliphatic heterocycles. The molecule has 0 saturated carbocycles. The first kappa shape index (κ1) is 21.1. The molecular formula is C24H28N3O4+. The van der Waals surface area contributed by atoms with E-state index in [2.05, 4.69) is 0 Å². The molecule has 0 spiro atoms. The Balaban J connectivity index is 1.33. The summed E-state index contributed by atoms with van der Waals surface area (Å²) in [7, 11) is 0. The summed E-state index contributed by atoms with van der Waals surface area (Å²) in [5, 5.41) is 2.03. The van der Waals surface area contributed by atoms with Crippen molar-refractivity contribution in [3.63, 3.8) is 0 Å². The van der Waals surface area contributed by atoms with Gasteiger partial charge in [0, 0.05) is 31.5 Å². The summed E-state index contributed by atoms with van der Waals surface area (Å²) in [5.74, 6) is 0.419. The van der Waals surface area contributed by atoms with Crippen molar-refractivity contribution >= 4 is 23.4 Å². The number of quaternary nitrogens is 1. The van der Waals surface area contributed by atoms with Gasteiger partial charge in [-0.2, -0.15) is 0 Å². The molecule has 162 valence electrons. The fourth-order valence-electron chi connectivity index (χ4n) is 4.32. The van der Waals surface area contributed by atoms with Crippen molar-refractivity contribution in [1.82, 2.24) is 4.90 Å². The van der Waals surface area contributed by atoms with Crippen LogP contribution >= 0.6 is 0 Å². The Bertz CT molecular complexity index is 937. The second-order valence-corrected chi connectivity index (χ2v) is 7.99. The largest absolute Gasteiger partial charge is 0.494 e. The average molecular weight is 423 g/mol. The van der Waals surface area contributed by atoms with E-state index in [-0.39, 0.29) is 30.2 Å². The summed E-state index contributed by atoms with van der Waals surface area (Å²) < 4.78 is 5.43. The smallest absolute Gasteiger partial charge is 0.292 e. The molecule has 2 N–H and O–H groups in total.